The lowest BCUT2D eigenvalue weighted by atomic mass is 10.3. The molecule has 5 nitrogen and oxygen atoms in total. The number of benzene rings is 1. The molecule has 0 bridgehead atoms. The average Bonchev–Trinajstić information content (AvgIpc) is 2.89. The minimum atomic E-state index is -0.110. The Balaban J connectivity index is 0.000000239. The molecule has 2 rings (SSSR count). The molecule has 1 aliphatic heterocycles. The molecule has 0 unspecified atom stereocenters. The van der Waals surface area contributed by atoms with Crippen molar-refractivity contribution in [3.63, 3.8) is 0 Å². The van der Waals surface area contributed by atoms with E-state index in [0.29, 0.717) is 0 Å². The molecule has 1 aromatic carbocycles. The first-order valence-corrected chi connectivity index (χ1v) is 5.33. The van der Waals surface area contributed by atoms with Crippen molar-refractivity contribution in [2.24, 2.45) is 4.99 Å². The molecule has 1 heterocycles. The highest BCUT2D eigenvalue weighted by atomic mass is 16.5. The first-order chi connectivity index (χ1) is 8.20. The van der Waals surface area contributed by atoms with Crippen molar-refractivity contribution < 1.29 is 9.53 Å². The highest BCUT2D eigenvalue weighted by Crippen LogP contribution is 2.04. The first kappa shape index (κ1) is 13.0. The predicted octanol–water partition coefficient (Wildman–Crippen LogP) is 1.83. The van der Waals surface area contributed by atoms with Crippen LogP contribution in [0.25, 0.3) is 0 Å². The number of anilines is 1. The summed E-state index contributed by atoms with van der Waals surface area (Å²) < 4.78 is 4.65. The summed E-state index contributed by atoms with van der Waals surface area (Å²) in [4.78, 5) is 16.4. The van der Waals surface area contributed by atoms with Crippen LogP contribution in [0.2, 0.25) is 0 Å². The minimum absolute atomic E-state index is 0.110. The summed E-state index contributed by atoms with van der Waals surface area (Å²) in [7, 11) is 3.41. The molecule has 1 aliphatic rings. The molecule has 0 spiro atoms. The van der Waals surface area contributed by atoms with Crippen LogP contribution >= 0.6 is 0 Å². The van der Waals surface area contributed by atoms with E-state index in [1.165, 1.54) is 11.3 Å². The van der Waals surface area contributed by atoms with Crippen LogP contribution in [0.4, 0.5) is 10.5 Å². The highest BCUT2D eigenvalue weighted by molar-refractivity contribution is 5.88. The molecule has 5 heteroatoms. The second-order valence-corrected chi connectivity index (χ2v) is 3.57. The van der Waals surface area contributed by atoms with Gasteiger partial charge in [0, 0.05) is 19.8 Å². The van der Waals surface area contributed by atoms with Gasteiger partial charge < -0.3 is 15.0 Å². The van der Waals surface area contributed by atoms with Crippen molar-refractivity contribution in [2.75, 3.05) is 32.6 Å². The number of nitrogens with zero attached hydrogens (tertiary/aromatic N) is 2. The first-order valence-electron chi connectivity index (χ1n) is 5.33. The number of rotatable bonds is 1. The molecule has 92 valence electrons. The summed E-state index contributed by atoms with van der Waals surface area (Å²) in [5.74, 6) is 0. The van der Waals surface area contributed by atoms with Crippen molar-refractivity contribution in [3.8, 4) is 0 Å². The van der Waals surface area contributed by atoms with E-state index in [9.17, 15) is 4.79 Å². The molecular weight excluding hydrogens is 218 g/mol. The summed E-state index contributed by atoms with van der Waals surface area (Å²) in [5, 5.41) is 2.73. The van der Waals surface area contributed by atoms with Gasteiger partial charge in [-0.15, -0.1) is 0 Å². The van der Waals surface area contributed by atoms with Gasteiger partial charge in [0.25, 0.3) is 0 Å². The van der Waals surface area contributed by atoms with E-state index in [2.05, 4.69) is 15.0 Å². The number of urea groups is 1. The Kier molecular flexibility index (Phi) is 5.57. The van der Waals surface area contributed by atoms with Gasteiger partial charge in [-0.05, 0) is 12.1 Å². The number of nitrogens with one attached hydrogen (secondary N) is 1. The molecule has 17 heavy (non-hydrogen) atoms. The van der Waals surface area contributed by atoms with Gasteiger partial charge in [-0.1, -0.05) is 18.2 Å². The molecule has 0 saturated heterocycles. The van der Waals surface area contributed by atoms with Gasteiger partial charge in [-0.25, -0.2) is 4.79 Å². The van der Waals surface area contributed by atoms with E-state index in [0.717, 1.165) is 18.8 Å². The molecule has 0 fully saturated rings. The second kappa shape index (κ2) is 7.27. The third kappa shape index (κ3) is 5.55. The number of aliphatic imine (C=N–C) groups is 1. The summed E-state index contributed by atoms with van der Waals surface area (Å²) in [5.41, 5.74) is 0.816. The second-order valence-electron chi connectivity index (χ2n) is 3.57. The lowest BCUT2D eigenvalue weighted by Crippen LogP contribution is -2.27. The number of carbonyl (C=O) groups excluding carboxylic acids is 1. The Morgan fingerprint density at radius 3 is 2.47 bits per heavy atom. The van der Waals surface area contributed by atoms with Gasteiger partial charge in [-0.3, -0.25) is 4.99 Å². The number of hydrogen-bond donors (Lipinski definition) is 1. The zero-order chi connectivity index (χ0) is 12.5. The molecule has 0 saturated carbocycles. The number of hydrogen-bond acceptors (Lipinski definition) is 3. The number of carbonyl (C=O) groups is 1. The summed E-state index contributed by atoms with van der Waals surface area (Å²) in [6.07, 6.45) is 1.49. The SMILES string of the molecule is C1=NCCO1.CN(C)C(=O)Nc1ccccc1. The normalized spacial score (nSPS) is 12.1. The molecule has 0 radical (unpaired) electrons. The van der Waals surface area contributed by atoms with Gasteiger partial charge in [0.15, 0.2) is 6.40 Å². The molecule has 2 amide bonds. The Hall–Kier alpha value is -2.04. The average molecular weight is 235 g/mol. The maximum atomic E-state index is 11.1. The third-order valence-corrected chi connectivity index (χ3v) is 1.92. The quantitative estimate of drug-likeness (QED) is 0.807. The fraction of sp³-hybridized carbons (Fsp3) is 0.333. The number of para-hydroxylation sites is 1. The van der Waals surface area contributed by atoms with E-state index in [1.807, 2.05) is 30.3 Å². The van der Waals surface area contributed by atoms with E-state index >= 15 is 0 Å². The zero-order valence-electron chi connectivity index (χ0n) is 10.1. The Morgan fingerprint density at radius 1 is 1.35 bits per heavy atom. The molecule has 1 N–H and O–H groups in total. The van der Waals surface area contributed by atoms with Crippen molar-refractivity contribution >= 4 is 18.1 Å². The zero-order valence-corrected chi connectivity index (χ0v) is 10.1. The van der Waals surface area contributed by atoms with E-state index in [4.69, 9.17) is 0 Å². The van der Waals surface area contributed by atoms with Crippen LogP contribution in [-0.4, -0.2) is 44.6 Å². The standard InChI is InChI=1S/C9H12N2O.C3H5NO/c1-11(2)9(12)10-8-6-4-3-5-7-8;1-2-5-3-4-1/h3-7H,1-2H3,(H,10,12);3H,1-2H2. The molecule has 0 aliphatic carbocycles. The molecule has 1 aromatic rings. The lowest BCUT2D eigenvalue weighted by Gasteiger charge is -2.11. The fourth-order valence-electron chi connectivity index (χ4n) is 1.02. The fourth-order valence-corrected chi connectivity index (χ4v) is 1.02. The van der Waals surface area contributed by atoms with Crippen LogP contribution in [-0.2, 0) is 4.74 Å². The smallest absolute Gasteiger partial charge is 0.321 e. The lowest BCUT2D eigenvalue weighted by molar-refractivity contribution is 0.230. The van der Waals surface area contributed by atoms with Crippen molar-refractivity contribution in [2.45, 2.75) is 0 Å². The van der Waals surface area contributed by atoms with Gasteiger partial charge in [0.05, 0.1) is 6.54 Å². The van der Waals surface area contributed by atoms with Crippen molar-refractivity contribution in [3.05, 3.63) is 30.3 Å². The number of amides is 2. The molecular formula is C12H17N3O2. The number of ether oxygens (including phenoxy) is 1. The highest BCUT2D eigenvalue weighted by Gasteiger charge is 2.01. The summed E-state index contributed by atoms with van der Waals surface area (Å²) in [6.45, 7) is 1.62. The Morgan fingerprint density at radius 2 is 2.06 bits per heavy atom. The maximum Gasteiger partial charge on any atom is 0.321 e. The molecule has 0 aromatic heterocycles. The van der Waals surface area contributed by atoms with Crippen molar-refractivity contribution in [1.29, 1.82) is 0 Å². The van der Waals surface area contributed by atoms with E-state index in [-0.39, 0.29) is 6.03 Å². The third-order valence-electron chi connectivity index (χ3n) is 1.92. The van der Waals surface area contributed by atoms with Gasteiger partial charge in [-0.2, -0.15) is 0 Å². The Bertz CT molecular complexity index is 357. The van der Waals surface area contributed by atoms with Crippen LogP contribution < -0.4 is 5.32 Å². The van der Waals surface area contributed by atoms with E-state index in [1.54, 1.807) is 14.1 Å². The van der Waals surface area contributed by atoms with Crippen molar-refractivity contribution in [1.82, 2.24) is 4.90 Å². The summed E-state index contributed by atoms with van der Waals surface area (Å²) >= 11 is 0. The van der Waals surface area contributed by atoms with Crippen LogP contribution in [0.5, 0.6) is 0 Å². The van der Waals surface area contributed by atoms with Crippen LogP contribution in [0.3, 0.4) is 0 Å². The van der Waals surface area contributed by atoms with Crippen LogP contribution in [0.15, 0.2) is 35.3 Å². The predicted molar refractivity (Wildman–Crippen MR) is 68.5 cm³/mol. The van der Waals surface area contributed by atoms with Gasteiger partial charge in [0.2, 0.25) is 0 Å². The van der Waals surface area contributed by atoms with Gasteiger partial charge in [0.1, 0.15) is 6.61 Å². The topological polar surface area (TPSA) is 53.9 Å². The maximum absolute atomic E-state index is 11.1. The van der Waals surface area contributed by atoms with Gasteiger partial charge >= 0.3 is 6.03 Å². The monoisotopic (exact) mass is 235 g/mol. The summed E-state index contributed by atoms with van der Waals surface area (Å²) in [6, 6.07) is 9.26. The van der Waals surface area contributed by atoms with E-state index < -0.39 is 0 Å². The van der Waals surface area contributed by atoms with Crippen LogP contribution in [0, 0.1) is 0 Å². The van der Waals surface area contributed by atoms with Crippen LogP contribution in [0.1, 0.15) is 0 Å². The largest absolute Gasteiger partial charge is 0.482 e. The molecule has 0 atom stereocenters. The minimum Gasteiger partial charge on any atom is -0.482 e. The Labute approximate surface area is 101 Å².